The van der Waals surface area contributed by atoms with Crippen molar-refractivity contribution in [3.8, 4) is 0 Å². The van der Waals surface area contributed by atoms with Crippen molar-refractivity contribution in [3.05, 3.63) is 0 Å². The summed E-state index contributed by atoms with van der Waals surface area (Å²) in [5.74, 6) is 0.604. The van der Waals surface area contributed by atoms with Crippen LogP contribution in [0.5, 0.6) is 0 Å². The highest BCUT2D eigenvalue weighted by Crippen LogP contribution is 2.17. The van der Waals surface area contributed by atoms with E-state index in [1.54, 1.807) is 0 Å². The maximum atomic E-state index is 12.5. The Morgan fingerprint density at radius 1 is 1.17 bits per heavy atom. The van der Waals surface area contributed by atoms with Gasteiger partial charge in [-0.25, -0.2) is 0 Å². The van der Waals surface area contributed by atoms with E-state index in [9.17, 15) is 14.7 Å². The second-order valence-electron chi connectivity index (χ2n) is 7.24. The highest BCUT2D eigenvalue weighted by atomic mass is 16.3. The Morgan fingerprint density at radius 3 is 2.48 bits per heavy atom. The summed E-state index contributed by atoms with van der Waals surface area (Å²) in [7, 11) is 0. The summed E-state index contributed by atoms with van der Waals surface area (Å²) in [4.78, 5) is 28.4. The van der Waals surface area contributed by atoms with Crippen LogP contribution in [-0.4, -0.2) is 72.1 Å². The Kier molecular flexibility index (Phi) is 6.84. The van der Waals surface area contributed by atoms with Gasteiger partial charge in [-0.3, -0.25) is 14.5 Å². The molecular weight excluding hydrogens is 294 g/mol. The van der Waals surface area contributed by atoms with Crippen LogP contribution in [0.3, 0.4) is 0 Å². The van der Waals surface area contributed by atoms with Crippen molar-refractivity contribution in [1.29, 1.82) is 0 Å². The number of aliphatic hydroxyl groups excluding tert-OH is 1. The van der Waals surface area contributed by atoms with Crippen LogP contribution < -0.4 is 5.32 Å². The van der Waals surface area contributed by atoms with E-state index in [4.69, 9.17) is 0 Å². The molecule has 1 unspecified atom stereocenters. The molecule has 0 bridgehead atoms. The molecule has 1 atom stereocenters. The average molecular weight is 325 g/mol. The fraction of sp³-hybridized carbons (Fsp3) is 0.882. The lowest BCUT2D eigenvalue weighted by atomic mass is 9.98. The first kappa shape index (κ1) is 18.2. The summed E-state index contributed by atoms with van der Waals surface area (Å²) in [5.41, 5.74) is 0. The lowest BCUT2D eigenvalue weighted by Crippen LogP contribution is -2.52. The van der Waals surface area contributed by atoms with Crippen molar-refractivity contribution in [2.75, 3.05) is 39.3 Å². The predicted molar refractivity (Wildman–Crippen MR) is 88.8 cm³/mol. The molecule has 0 spiro atoms. The molecule has 2 heterocycles. The summed E-state index contributed by atoms with van der Waals surface area (Å²) < 4.78 is 0. The topological polar surface area (TPSA) is 72.9 Å². The van der Waals surface area contributed by atoms with Crippen LogP contribution in [0.1, 0.15) is 39.5 Å². The van der Waals surface area contributed by atoms with Crippen molar-refractivity contribution < 1.29 is 14.7 Å². The molecular formula is C17H31N3O3. The van der Waals surface area contributed by atoms with Crippen LogP contribution >= 0.6 is 0 Å². The van der Waals surface area contributed by atoms with Crippen molar-refractivity contribution in [2.45, 2.75) is 45.6 Å². The van der Waals surface area contributed by atoms with Gasteiger partial charge in [-0.05, 0) is 44.7 Å². The van der Waals surface area contributed by atoms with Gasteiger partial charge in [0.15, 0.2) is 0 Å². The summed E-state index contributed by atoms with van der Waals surface area (Å²) in [5, 5.41) is 12.2. The third-order valence-corrected chi connectivity index (χ3v) is 4.97. The number of nitrogens with zero attached hydrogens (tertiary/aromatic N) is 2. The minimum absolute atomic E-state index is 0.0195. The van der Waals surface area contributed by atoms with Gasteiger partial charge in [0.2, 0.25) is 11.8 Å². The van der Waals surface area contributed by atoms with Gasteiger partial charge in [0, 0.05) is 31.7 Å². The summed E-state index contributed by atoms with van der Waals surface area (Å²) >= 11 is 0. The molecule has 2 saturated heterocycles. The second-order valence-corrected chi connectivity index (χ2v) is 7.24. The van der Waals surface area contributed by atoms with Crippen LogP contribution in [0.15, 0.2) is 0 Å². The third-order valence-electron chi connectivity index (χ3n) is 4.97. The lowest BCUT2D eigenvalue weighted by molar-refractivity contribution is -0.135. The van der Waals surface area contributed by atoms with Gasteiger partial charge in [-0.2, -0.15) is 0 Å². The van der Waals surface area contributed by atoms with E-state index in [1.165, 1.54) is 0 Å². The quantitative estimate of drug-likeness (QED) is 0.770. The van der Waals surface area contributed by atoms with Gasteiger partial charge in [-0.15, -0.1) is 0 Å². The van der Waals surface area contributed by atoms with Gasteiger partial charge in [0.05, 0.1) is 6.54 Å². The standard InChI is InChI=1S/C17H31N3O3/c1-13(2)17(23)18-15-4-3-7-20(10-15)16(22)11-19-8-5-14(12-21)6-9-19/h13-15,21H,3-12H2,1-2H3,(H,18,23). The van der Waals surface area contributed by atoms with Crippen LogP contribution in [0, 0.1) is 11.8 Å². The van der Waals surface area contributed by atoms with E-state index in [0.29, 0.717) is 19.0 Å². The molecule has 0 aromatic heterocycles. The second kappa shape index (κ2) is 8.64. The maximum absolute atomic E-state index is 12.5. The van der Waals surface area contributed by atoms with Gasteiger partial charge >= 0.3 is 0 Å². The monoisotopic (exact) mass is 325 g/mol. The average Bonchev–Trinajstić information content (AvgIpc) is 2.55. The van der Waals surface area contributed by atoms with Crippen LogP contribution in [-0.2, 0) is 9.59 Å². The lowest BCUT2D eigenvalue weighted by Gasteiger charge is -2.36. The van der Waals surface area contributed by atoms with E-state index < -0.39 is 0 Å². The fourth-order valence-electron chi connectivity index (χ4n) is 3.31. The summed E-state index contributed by atoms with van der Waals surface area (Å²) in [6.07, 6.45) is 3.83. The molecule has 6 nitrogen and oxygen atoms in total. The Balaban J connectivity index is 1.77. The normalized spacial score (nSPS) is 24.0. The zero-order chi connectivity index (χ0) is 16.8. The zero-order valence-corrected chi connectivity index (χ0v) is 14.5. The molecule has 6 heteroatoms. The van der Waals surface area contributed by atoms with Gasteiger partial charge < -0.3 is 15.3 Å². The summed E-state index contributed by atoms with van der Waals surface area (Å²) in [6.45, 7) is 7.68. The number of aliphatic hydroxyl groups is 1. The Hall–Kier alpha value is -1.14. The molecule has 0 aromatic rings. The number of hydrogen-bond acceptors (Lipinski definition) is 4. The number of carbonyl (C=O) groups is 2. The first-order valence-corrected chi connectivity index (χ1v) is 8.91. The van der Waals surface area contributed by atoms with Crippen molar-refractivity contribution >= 4 is 11.8 Å². The molecule has 132 valence electrons. The van der Waals surface area contributed by atoms with Crippen LogP contribution in [0.4, 0.5) is 0 Å². The van der Waals surface area contributed by atoms with Crippen LogP contribution in [0.25, 0.3) is 0 Å². The molecule has 0 aliphatic carbocycles. The number of likely N-dealkylation sites (tertiary alicyclic amines) is 2. The van der Waals surface area contributed by atoms with E-state index in [-0.39, 0.29) is 30.4 Å². The number of carbonyl (C=O) groups excluding carboxylic acids is 2. The van der Waals surface area contributed by atoms with E-state index in [0.717, 1.165) is 45.3 Å². The first-order valence-electron chi connectivity index (χ1n) is 8.91. The zero-order valence-electron chi connectivity index (χ0n) is 14.5. The highest BCUT2D eigenvalue weighted by molar-refractivity contribution is 5.79. The molecule has 2 aliphatic heterocycles. The number of hydrogen-bond donors (Lipinski definition) is 2. The molecule has 23 heavy (non-hydrogen) atoms. The third kappa shape index (κ3) is 5.46. The molecule has 0 saturated carbocycles. The Morgan fingerprint density at radius 2 is 1.87 bits per heavy atom. The predicted octanol–water partition coefficient (Wildman–Crippen LogP) is 0.454. The SMILES string of the molecule is CC(C)C(=O)NC1CCCN(C(=O)CN2CCC(CO)CC2)C1. The molecule has 0 aromatic carbocycles. The molecule has 0 radical (unpaired) electrons. The van der Waals surface area contributed by atoms with E-state index >= 15 is 0 Å². The Bertz CT molecular complexity index is 406. The number of rotatable bonds is 5. The molecule has 2 aliphatic rings. The van der Waals surface area contributed by atoms with Gasteiger partial charge in [0.1, 0.15) is 0 Å². The number of nitrogens with one attached hydrogen (secondary N) is 1. The highest BCUT2D eigenvalue weighted by Gasteiger charge is 2.27. The first-order chi connectivity index (χ1) is 11.0. The summed E-state index contributed by atoms with van der Waals surface area (Å²) in [6, 6.07) is 0.0859. The smallest absolute Gasteiger partial charge is 0.236 e. The molecule has 2 fully saturated rings. The molecule has 2 amide bonds. The van der Waals surface area contributed by atoms with E-state index in [2.05, 4.69) is 10.2 Å². The van der Waals surface area contributed by atoms with E-state index in [1.807, 2.05) is 18.7 Å². The molecule has 2 N–H and O–H groups in total. The van der Waals surface area contributed by atoms with Gasteiger partial charge in [0.25, 0.3) is 0 Å². The largest absolute Gasteiger partial charge is 0.396 e. The number of piperidine rings is 2. The number of amides is 2. The maximum Gasteiger partial charge on any atom is 0.236 e. The van der Waals surface area contributed by atoms with Crippen molar-refractivity contribution in [3.63, 3.8) is 0 Å². The Labute approximate surface area is 139 Å². The minimum atomic E-state index is -0.0195. The van der Waals surface area contributed by atoms with Gasteiger partial charge in [-0.1, -0.05) is 13.8 Å². The fourth-order valence-corrected chi connectivity index (χ4v) is 3.31. The van der Waals surface area contributed by atoms with Crippen molar-refractivity contribution in [1.82, 2.24) is 15.1 Å². The minimum Gasteiger partial charge on any atom is -0.396 e. The molecule has 2 rings (SSSR count). The van der Waals surface area contributed by atoms with Crippen molar-refractivity contribution in [2.24, 2.45) is 11.8 Å². The van der Waals surface area contributed by atoms with Crippen LogP contribution in [0.2, 0.25) is 0 Å².